The molecule has 0 spiro atoms. The molecule has 0 fully saturated rings. The van der Waals surface area contributed by atoms with Crippen LogP contribution in [-0.2, 0) is 14.8 Å². The van der Waals surface area contributed by atoms with Crippen molar-refractivity contribution in [2.45, 2.75) is 11.8 Å². The van der Waals surface area contributed by atoms with Crippen molar-refractivity contribution in [3.8, 4) is 5.75 Å². The molecule has 0 N–H and O–H groups in total. The monoisotopic (exact) mass is 397 g/mol. The molecule has 0 heterocycles. The quantitative estimate of drug-likeness (QED) is 0.639. The van der Waals surface area contributed by atoms with Crippen LogP contribution in [0, 0.1) is 0 Å². The summed E-state index contributed by atoms with van der Waals surface area (Å²) in [6.45, 7) is 2.33. The Morgan fingerprint density at radius 3 is 2.27 bits per heavy atom. The van der Waals surface area contributed by atoms with Crippen LogP contribution in [0.4, 0.5) is 0 Å². The summed E-state index contributed by atoms with van der Waals surface area (Å²) >= 11 is 5.80. The van der Waals surface area contributed by atoms with E-state index in [0.717, 1.165) is 0 Å². The highest BCUT2D eigenvalue weighted by molar-refractivity contribution is 7.89. The van der Waals surface area contributed by atoms with Crippen LogP contribution in [0.3, 0.4) is 0 Å². The first-order valence-electron chi connectivity index (χ1n) is 7.96. The first-order valence-corrected chi connectivity index (χ1v) is 9.78. The van der Waals surface area contributed by atoms with Gasteiger partial charge in [0.15, 0.2) is 0 Å². The van der Waals surface area contributed by atoms with E-state index in [4.69, 9.17) is 21.1 Å². The van der Waals surface area contributed by atoms with Gasteiger partial charge in [-0.05, 0) is 55.5 Å². The molecule has 2 rings (SSSR count). The number of nitrogens with zero attached hydrogens (tertiary/aromatic N) is 1. The molecule has 26 heavy (non-hydrogen) atoms. The molecular weight excluding hydrogens is 378 g/mol. The van der Waals surface area contributed by atoms with Crippen molar-refractivity contribution in [1.82, 2.24) is 4.31 Å². The maximum Gasteiger partial charge on any atom is 0.338 e. The topological polar surface area (TPSA) is 72.9 Å². The summed E-state index contributed by atoms with van der Waals surface area (Å²) in [6.07, 6.45) is 0. The SMILES string of the molecule is CCOC(=O)c1ccc(S(=O)(=O)N(C)CCOc2ccc(Cl)cc2)cc1. The Labute approximate surface area is 158 Å². The molecule has 6 nitrogen and oxygen atoms in total. The molecule has 0 bridgehead atoms. The molecule has 0 aliphatic carbocycles. The lowest BCUT2D eigenvalue weighted by atomic mass is 10.2. The minimum absolute atomic E-state index is 0.0968. The zero-order valence-corrected chi connectivity index (χ0v) is 16.1. The van der Waals surface area contributed by atoms with Gasteiger partial charge < -0.3 is 9.47 Å². The summed E-state index contributed by atoms with van der Waals surface area (Å²) in [4.78, 5) is 11.7. The largest absolute Gasteiger partial charge is 0.492 e. The summed E-state index contributed by atoms with van der Waals surface area (Å²) < 4.78 is 36.7. The number of hydrogen-bond acceptors (Lipinski definition) is 5. The maximum absolute atomic E-state index is 12.6. The van der Waals surface area contributed by atoms with Gasteiger partial charge in [0.05, 0.1) is 17.1 Å². The molecular formula is C18H20ClNO5S. The Kier molecular flexibility index (Phi) is 7.02. The number of hydrogen-bond donors (Lipinski definition) is 0. The van der Waals surface area contributed by atoms with E-state index in [2.05, 4.69) is 0 Å². The molecule has 8 heteroatoms. The average molecular weight is 398 g/mol. The highest BCUT2D eigenvalue weighted by atomic mass is 35.5. The van der Waals surface area contributed by atoms with E-state index < -0.39 is 16.0 Å². The van der Waals surface area contributed by atoms with Gasteiger partial charge >= 0.3 is 5.97 Å². The molecule has 0 atom stereocenters. The molecule has 0 saturated heterocycles. The third-order valence-electron chi connectivity index (χ3n) is 3.56. The fourth-order valence-electron chi connectivity index (χ4n) is 2.10. The Morgan fingerprint density at radius 1 is 1.08 bits per heavy atom. The molecule has 0 aliphatic heterocycles. The second-order valence-corrected chi connectivity index (χ2v) is 7.86. The van der Waals surface area contributed by atoms with E-state index in [0.29, 0.717) is 16.3 Å². The van der Waals surface area contributed by atoms with Gasteiger partial charge in [-0.3, -0.25) is 0 Å². The van der Waals surface area contributed by atoms with Gasteiger partial charge in [0.1, 0.15) is 12.4 Å². The Balaban J connectivity index is 1.97. The van der Waals surface area contributed by atoms with Crippen molar-refractivity contribution in [2.75, 3.05) is 26.8 Å². The minimum atomic E-state index is -3.67. The van der Waals surface area contributed by atoms with Crippen LogP contribution in [0.25, 0.3) is 0 Å². The molecule has 0 saturated carbocycles. The van der Waals surface area contributed by atoms with Gasteiger partial charge in [-0.2, -0.15) is 4.31 Å². The number of benzene rings is 2. The van der Waals surface area contributed by atoms with Gasteiger partial charge in [-0.25, -0.2) is 13.2 Å². The predicted molar refractivity (Wildman–Crippen MR) is 99.2 cm³/mol. The standard InChI is InChI=1S/C18H20ClNO5S/c1-3-24-18(21)14-4-10-17(11-5-14)26(22,23)20(2)12-13-25-16-8-6-15(19)7-9-16/h4-11H,3,12-13H2,1-2H3. The third kappa shape index (κ3) is 5.20. The number of ether oxygens (including phenoxy) is 2. The maximum atomic E-state index is 12.6. The van der Waals surface area contributed by atoms with Crippen LogP contribution < -0.4 is 4.74 Å². The predicted octanol–water partition coefficient (Wildman–Crippen LogP) is 3.22. The van der Waals surface area contributed by atoms with Crippen LogP contribution in [0.5, 0.6) is 5.75 Å². The van der Waals surface area contributed by atoms with Gasteiger partial charge in [0.2, 0.25) is 10.0 Å². The Hall–Kier alpha value is -2.09. The first-order chi connectivity index (χ1) is 12.3. The number of halogens is 1. The van der Waals surface area contributed by atoms with Crippen molar-refractivity contribution in [3.05, 3.63) is 59.1 Å². The van der Waals surface area contributed by atoms with E-state index in [1.54, 1.807) is 31.2 Å². The first kappa shape index (κ1) is 20.2. The molecule has 0 amide bonds. The Bertz CT molecular complexity index is 835. The molecule has 0 aliphatic rings. The minimum Gasteiger partial charge on any atom is -0.492 e. The summed E-state index contributed by atoms with van der Waals surface area (Å²) in [7, 11) is -2.20. The highest BCUT2D eigenvalue weighted by Gasteiger charge is 2.21. The van der Waals surface area contributed by atoms with Crippen LogP contribution in [0.1, 0.15) is 17.3 Å². The van der Waals surface area contributed by atoms with Crippen molar-refractivity contribution in [1.29, 1.82) is 0 Å². The normalized spacial score (nSPS) is 11.4. The third-order valence-corrected chi connectivity index (χ3v) is 5.69. The molecule has 140 valence electrons. The van der Waals surface area contributed by atoms with E-state index in [9.17, 15) is 13.2 Å². The highest BCUT2D eigenvalue weighted by Crippen LogP contribution is 2.17. The van der Waals surface area contributed by atoms with Gasteiger partial charge in [-0.15, -0.1) is 0 Å². The zero-order valence-electron chi connectivity index (χ0n) is 14.5. The number of esters is 1. The van der Waals surface area contributed by atoms with Crippen LogP contribution in [-0.4, -0.2) is 45.5 Å². The Morgan fingerprint density at radius 2 is 1.69 bits per heavy atom. The lowest BCUT2D eigenvalue weighted by molar-refractivity contribution is 0.0526. The summed E-state index contributed by atoms with van der Waals surface area (Å²) in [6, 6.07) is 12.5. The van der Waals surface area contributed by atoms with Crippen molar-refractivity contribution >= 4 is 27.6 Å². The van der Waals surface area contributed by atoms with Gasteiger partial charge in [0.25, 0.3) is 0 Å². The van der Waals surface area contributed by atoms with Crippen LogP contribution >= 0.6 is 11.6 Å². The summed E-state index contributed by atoms with van der Waals surface area (Å²) in [5.74, 6) is 0.125. The number of sulfonamides is 1. The fourth-order valence-corrected chi connectivity index (χ4v) is 3.38. The summed E-state index contributed by atoms with van der Waals surface area (Å²) in [5, 5.41) is 0.600. The van der Waals surface area contributed by atoms with Gasteiger partial charge in [-0.1, -0.05) is 11.6 Å². The second-order valence-electron chi connectivity index (χ2n) is 5.37. The van der Waals surface area contributed by atoms with Crippen LogP contribution in [0.15, 0.2) is 53.4 Å². The smallest absolute Gasteiger partial charge is 0.338 e. The van der Waals surface area contributed by atoms with Crippen molar-refractivity contribution < 1.29 is 22.7 Å². The number of rotatable bonds is 8. The van der Waals surface area contributed by atoms with Gasteiger partial charge in [0, 0.05) is 18.6 Å². The average Bonchev–Trinajstić information content (AvgIpc) is 2.63. The second kappa shape index (κ2) is 9.02. The van der Waals surface area contributed by atoms with E-state index in [1.165, 1.54) is 35.6 Å². The van der Waals surface area contributed by atoms with Crippen molar-refractivity contribution in [2.24, 2.45) is 0 Å². The lowest BCUT2D eigenvalue weighted by Gasteiger charge is -2.17. The van der Waals surface area contributed by atoms with Crippen LogP contribution in [0.2, 0.25) is 5.02 Å². The van der Waals surface area contributed by atoms with Crippen molar-refractivity contribution in [3.63, 3.8) is 0 Å². The molecule has 2 aromatic rings. The number of likely N-dealkylation sites (N-methyl/N-ethyl adjacent to an activating group) is 1. The van der Waals surface area contributed by atoms with E-state index in [-0.39, 0.29) is 24.7 Å². The summed E-state index contributed by atoms with van der Waals surface area (Å²) in [5.41, 5.74) is 0.305. The zero-order chi connectivity index (χ0) is 19.2. The lowest BCUT2D eigenvalue weighted by Crippen LogP contribution is -2.31. The number of carbonyl (C=O) groups excluding carboxylic acids is 1. The van der Waals surface area contributed by atoms with E-state index in [1.807, 2.05) is 0 Å². The molecule has 2 aromatic carbocycles. The number of carbonyl (C=O) groups is 1. The molecule has 0 unspecified atom stereocenters. The molecule has 0 radical (unpaired) electrons. The fraction of sp³-hybridized carbons (Fsp3) is 0.278. The van der Waals surface area contributed by atoms with E-state index >= 15 is 0 Å². The molecule has 0 aromatic heterocycles.